The molecule has 80 valence electrons. The quantitative estimate of drug-likeness (QED) is 0.530. The summed E-state index contributed by atoms with van der Waals surface area (Å²) in [4.78, 5) is 0. The first-order chi connectivity index (χ1) is 6.35. The second-order valence-electron chi connectivity index (χ2n) is 3.21. The van der Waals surface area contributed by atoms with E-state index in [0.29, 0.717) is 0 Å². The highest BCUT2D eigenvalue weighted by molar-refractivity contribution is 6.58. The van der Waals surface area contributed by atoms with E-state index >= 15 is 0 Å². The van der Waals surface area contributed by atoms with Crippen molar-refractivity contribution in [3.05, 3.63) is 0 Å². The van der Waals surface area contributed by atoms with Crippen LogP contribution < -0.4 is 0 Å². The van der Waals surface area contributed by atoms with Gasteiger partial charge in [-0.3, -0.25) is 0 Å². The molecular weight excluding hydrogens is 184 g/mol. The molecule has 0 aromatic rings. The Kier molecular flexibility index (Phi) is 10.3. The van der Waals surface area contributed by atoms with Crippen molar-refractivity contribution >= 4 is 8.80 Å². The zero-order valence-corrected chi connectivity index (χ0v) is 10.2. The molecule has 0 unspecified atom stereocenters. The Morgan fingerprint density at radius 2 is 1.00 bits per heavy atom. The minimum atomic E-state index is -0.662. The van der Waals surface area contributed by atoms with E-state index in [9.17, 15) is 0 Å². The molecule has 0 aromatic carbocycles. The smallest absolute Gasteiger partial charge is 0.0439 e. The molecule has 0 fully saturated rings. The van der Waals surface area contributed by atoms with E-state index in [1.54, 1.807) is 21.3 Å². The first-order valence-electron chi connectivity index (χ1n) is 4.82. The van der Waals surface area contributed by atoms with Gasteiger partial charge in [-0.05, 0) is 18.1 Å². The molecule has 0 saturated heterocycles. The van der Waals surface area contributed by atoms with Crippen molar-refractivity contribution in [3.8, 4) is 0 Å². The van der Waals surface area contributed by atoms with E-state index in [4.69, 9.17) is 14.2 Å². The largest absolute Gasteiger partial charge is 0.385 e. The average molecular weight is 206 g/mol. The fourth-order valence-electron chi connectivity index (χ4n) is 1.29. The van der Waals surface area contributed by atoms with E-state index in [0.717, 1.165) is 19.8 Å². The maximum Gasteiger partial charge on any atom is 0.0439 e. The third-order valence-electron chi connectivity index (χ3n) is 2.19. The number of rotatable bonds is 9. The molecule has 0 N–H and O–H groups in total. The van der Waals surface area contributed by atoms with Crippen LogP contribution in [0, 0.1) is 0 Å². The van der Waals surface area contributed by atoms with Gasteiger partial charge in [0.1, 0.15) is 0 Å². The second kappa shape index (κ2) is 10.2. The van der Waals surface area contributed by atoms with Crippen LogP contribution in [0.1, 0.15) is 0 Å². The van der Waals surface area contributed by atoms with Gasteiger partial charge in [0.15, 0.2) is 0 Å². The van der Waals surface area contributed by atoms with Crippen molar-refractivity contribution in [1.82, 2.24) is 0 Å². The monoisotopic (exact) mass is 206 g/mol. The van der Waals surface area contributed by atoms with Crippen LogP contribution in [0.2, 0.25) is 18.1 Å². The van der Waals surface area contributed by atoms with Crippen molar-refractivity contribution in [3.63, 3.8) is 0 Å². The van der Waals surface area contributed by atoms with Gasteiger partial charge in [-0.1, -0.05) is 0 Å². The molecule has 0 rings (SSSR count). The molecule has 0 aliphatic heterocycles. The van der Waals surface area contributed by atoms with Crippen LogP contribution in [0.4, 0.5) is 0 Å². The van der Waals surface area contributed by atoms with Gasteiger partial charge in [0.2, 0.25) is 0 Å². The number of hydrogen-bond acceptors (Lipinski definition) is 3. The van der Waals surface area contributed by atoms with Gasteiger partial charge in [0.25, 0.3) is 0 Å². The van der Waals surface area contributed by atoms with Crippen molar-refractivity contribution in [2.45, 2.75) is 18.1 Å². The highest BCUT2D eigenvalue weighted by Gasteiger charge is 2.09. The number of ether oxygens (including phenoxy) is 3. The lowest BCUT2D eigenvalue weighted by molar-refractivity contribution is 0.203. The molecule has 4 heteroatoms. The number of methoxy groups -OCH3 is 3. The molecule has 0 heterocycles. The summed E-state index contributed by atoms with van der Waals surface area (Å²) in [6.45, 7) is 2.68. The molecule has 0 radical (unpaired) electrons. The Morgan fingerprint density at radius 3 is 1.23 bits per heavy atom. The fourth-order valence-corrected chi connectivity index (χ4v) is 3.86. The van der Waals surface area contributed by atoms with Gasteiger partial charge in [0.05, 0.1) is 0 Å². The molecule has 0 bridgehead atoms. The number of hydrogen-bond donors (Lipinski definition) is 0. The zero-order chi connectivity index (χ0) is 9.94. The van der Waals surface area contributed by atoms with Gasteiger partial charge >= 0.3 is 0 Å². The predicted molar refractivity (Wildman–Crippen MR) is 57.2 cm³/mol. The molecule has 3 nitrogen and oxygen atoms in total. The van der Waals surface area contributed by atoms with Crippen molar-refractivity contribution in [2.24, 2.45) is 0 Å². The molecule has 13 heavy (non-hydrogen) atoms. The summed E-state index contributed by atoms with van der Waals surface area (Å²) in [5.74, 6) is 0. The van der Waals surface area contributed by atoms with Crippen LogP contribution >= 0.6 is 0 Å². The van der Waals surface area contributed by atoms with Crippen LogP contribution in [0.25, 0.3) is 0 Å². The van der Waals surface area contributed by atoms with Gasteiger partial charge < -0.3 is 14.2 Å². The second-order valence-corrected chi connectivity index (χ2v) is 6.67. The van der Waals surface area contributed by atoms with E-state index < -0.39 is 8.80 Å². The molecule has 0 atom stereocenters. The summed E-state index contributed by atoms with van der Waals surface area (Å²) < 4.78 is 15.3. The average Bonchev–Trinajstić information content (AvgIpc) is 2.17. The van der Waals surface area contributed by atoms with Crippen LogP contribution in [-0.2, 0) is 14.2 Å². The standard InChI is InChI=1S/C9H22O3Si/c1-10-4-7-13(8-5-11-2)9-6-12-3/h13H,4-9H2,1-3H3. The zero-order valence-electron chi connectivity index (χ0n) is 9.04. The Labute approximate surface area is 83.0 Å². The van der Waals surface area contributed by atoms with Crippen molar-refractivity contribution in [1.29, 1.82) is 0 Å². The fraction of sp³-hybridized carbons (Fsp3) is 1.00. The summed E-state index contributed by atoms with van der Waals surface area (Å²) in [7, 11) is 4.62. The minimum absolute atomic E-state index is 0.662. The lowest BCUT2D eigenvalue weighted by Gasteiger charge is -2.13. The SMILES string of the molecule is COCC[SiH](CCOC)CCOC. The van der Waals surface area contributed by atoms with E-state index in [1.165, 1.54) is 18.1 Å². The van der Waals surface area contributed by atoms with E-state index in [2.05, 4.69) is 0 Å². The van der Waals surface area contributed by atoms with Gasteiger partial charge in [-0.25, -0.2) is 0 Å². The molecule has 0 aliphatic carbocycles. The van der Waals surface area contributed by atoms with Crippen LogP contribution in [-0.4, -0.2) is 49.9 Å². The summed E-state index contributed by atoms with van der Waals surface area (Å²) in [5.41, 5.74) is 0. The Bertz CT molecular complexity index is 81.8. The predicted octanol–water partition coefficient (Wildman–Crippen LogP) is 1.15. The normalized spacial score (nSPS) is 11.1. The highest BCUT2D eigenvalue weighted by Crippen LogP contribution is 2.06. The first-order valence-corrected chi connectivity index (χ1v) is 7.27. The maximum atomic E-state index is 5.09. The van der Waals surface area contributed by atoms with Gasteiger partial charge in [-0.2, -0.15) is 0 Å². The van der Waals surface area contributed by atoms with Crippen LogP contribution in [0.15, 0.2) is 0 Å². The summed E-state index contributed by atoms with van der Waals surface area (Å²) in [6.07, 6.45) is 0. The van der Waals surface area contributed by atoms with Crippen molar-refractivity contribution in [2.75, 3.05) is 41.2 Å². The van der Waals surface area contributed by atoms with Gasteiger partial charge in [-0.15, -0.1) is 0 Å². The highest BCUT2D eigenvalue weighted by atomic mass is 28.3. The lowest BCUT2D eigenvalue weighted by Crippen LogP contribution is -2.18. The van der Waals surface area contributed by atoms with Gasteiger partial charge in [0, 0.05) is 49.9 Å². The Hall–Kier alpha value is 0.0969. The van der Waals surface area contributed by atoms with Crippen LogP contribution in [0.3, 0.4) is 0 Å². The maximum absolute atomic E-state index is 5.09. The summed E-state index contributed by atoms with van der Waals surface area (Å²) >= 11 is 0. The summed E-state index contributed by atoms with van der Waals surface area (Å²) in [5, 5.41) is 0. The third-order valence-corrected chi connectivity index (χ3v) is 5.35. The molecule has 0 saturated carbocycles. The topological polar surface area (TPSA) is 27.7 Å². The first kappa shape index (κ1) is 13.1. The van der Waals surface area contributed by atoms with E-state index in [1.807, 2.05) is 0 Å². The van der Waals surface area contributed by atoms with E-state index in [-0.39, 0.29) is 0 Å². The van der Waals surface area contributed by atoms with Crippen LogP contribution in [0.5, 0.6) is 0 Å². The molecular formula is C9H22O3Si. The molecule has 0 spiro atoms. The lowest BCUT2D eigenvalue weighted by atomic mass is 10.8. The Balaban J connectivity index is 3.47. The van der Waals surface area contributed by atoms with Crippen molar-refractivity contribution < 1.29 is 14.2 Å². The minimum Gasteiger partial charge on any atom is -0.385 e. The molecule has 0 aliphatic rings. The Morgan fingerprint density at radius 1 is 0.692 bits per heavy atom. The molecule has 0 amide bonds. The molecule has 0 aromatic heterocycles. The summed E-state index contributed by atoms with van der Waals surface area (Å²) in [6, 6.07) is 3.72. The third kappa shape index (κ3) is 8.43.